The lowest BCUT2D eigenvalue weighted by Gasteiger charge is -2.31. The van der Waals surface area contributed by atoms with Gasteiger partial charge in [-0.05, 0) is 49.7 Å². The van der Waals surface area contributed by atoms with Crippen molar-refractivity contribution in [2.75, 3.05) is 45.6 Å². The fourth-order valence-electron chi connectivity index (χ4n) is 6.07. The van der Waals surface area contributed by atoms with Crippen molar-refractivity contribution >= 4 is 37.8 Å². The predicted octanol–water partition coefficient (Wildman–Crippen LogP) is 3.62. The molecule has 1 atom stereocenters. The SMILES string of the molecule is CCCc1nn(C)c2c(=O)[nH]c(-c3cc(S(=O)(=O)N4CCN(C)CC4)ccc3OCC)nc12.NC(=O)CS(=O)C(c1ccccc1)c1ccccc1. The Bertz CT molecular complexity index is 2140. The van der Waals surface area contributed by atoms with Gasteiger partial charge in [-0.3, -0.25) is 18.5 Å². The molecule has 1 saturated heterocycles. The van der Waals surface area contributed by atoms with E-state index in [0.29, 0.717) is 61.6 Å². The maximum absolute atomic E-state index is 13.3. The van der Waals surface area contributed by atoms with Crippen LogP contribution in [0.1, 0.15) is 42.3 Å². The number of piperazine rings is 1. The Morgan fingerprint density at radius 2 is 1.58 bits per heavy atom. The zero-order valence-corrected chi connectivity index (χ0v) is 31.5. The Hall–Kier alpha value is -4.70. The van der Waals surface area contributed by atoms with Crippen molar-refractivity contribution in [1.82, 2.24) is 29.0 Å². The number of benzene rings is 3. The van der Waals surface area contributed by atoms with Crippen LogP contribution in [0.4, 0.5) is 0 Å². The first kappa shape index (κ1) is 38.5. The molecule has 3 N–H and O–H groups in total. The van der Waals surface area contributed by atoms with E-state index in [1.165, 1.54) is 8.99 Å². The highest BCUT2D eigenvalue weighted by molar-refractivity contribution is 7.89. The lowest BCUT2D eigenvalue weighted by atomic mass is 10.0. The number of amides is 1. The van der Waals surface area contributed by atoms with E-state index in [9.17, 15) is 22.2 Å². The average Bonchev–Trinajstić information content (AvgIpc) is 3.44. The number of ether oxygens (including phenoxy) is 1. The summed E-state index contributed by atoms with van der Waals surface area (Å²) >= 11 is 0. The molecule has 1 amide bonds. The van der Waals surface area contributed by atoms with Gasteiger partial charge < -0.3 is 20.4 Å². The van der Waals surface area contributed by atoms with Gasteiger partial charge in [-0.1, -0.05) is 74.0 Å². The lowest BCUT2D eigenvalue weighted by Crippen LogP contribution is -2.47. The maximum atomic E-state index is 13.3. The maximum Gasteiger partial charge on any atom is 0.277 e. The van der Waals surface area contributed by atoms with Crippen LogP contribution in [0.15, 0.2) is 88.6 Å². The first-order valence-electron chi connectivity index (χ1n) is 17.1. The highest BCUT2D eigenvalue weighted by Gasteiger charge is 2.29. The largest absolute Gasteiger partial charge is 0.493 e. The van der Waals surface area contributed by atoms with Crippen LogP contribution in [0, 0.1) is 0 Å². The number of fused-ring (bicyclic) bond motifs is 1. The summed E-state index contributed by atoms with van der Waals surface area (Å²) in [4.78, 5) is 33.7. The number of H-pyrrole nitrogens is 1. The van der Waals surface area contributed by atoms with Gasteiger partial charge >= 0.3 is 0 Å². The number of likely N-dealkylation sites (N-methyl/N-ethyl adjacent to an activating group) is 1. The molecule has 0 saturated carbocycles. The molecule has 52 heavy (non-hydrogen) atoms. The molecule has 15 heteroatoms. The van der Waals surface area contributed by atoms with Gasteiger partial charge in [0.2, 0.25) is 15.9 Å². The smallest absolute Gasteiger partial charge is 0.277 e. The second-order valence-corrected chi connectivity index (χ2v) is 15.9. The van der Waals surface area contributed by atoms with Gasteiger partial charge in [-0.15, -0.1) is 0 Å². The second kappa shape index (κ2) is 17.2. The highest BCUT2D eigenvalue weighted by atomic mass is 32.2. The number of sulfonamides is 1. The number of hydrogen-bond donors (Lipinski definition) is 2. The molecule has 0 radical (unpaired) electrons. The molecular weight excluding hydrogens is 703 g/mol. The van der Waals surface area contributed by atoms with Crippen molar-refractivity contribution in [3.05, 3.63) is 106 Å². The molecule has 276 valence electrons. The van der Waals surface area contributed by atoms with E-state index < -0.39 is 26.7 Å². The second-order valence-electron chi connectivity index (χ2n) is 12.4. The molecule has 3 heterocycles. The lowest BCUT2D eigenvalue weighted by molar-refractivity contribution is -0.115. The summed E-state index contributed by atoms with van der Waals surface area (Å²) in [5.41, 5.74) is 8.75. The van der Waals surface area contributed by atoms with Gasteiger partial charge in [0.25, 0.3) is 5.56 Å². The number of aromatic amines is 1. The van der Waals surface area contributed by atoms with E-state index in [2.05, 4.69) is 15.0 Å². The molecule has 1 unspecified atom stereocenters. The third-order valence-electron chi connectivity index (χ3n) is 8.61. The van der Waals surface area contributed by atoms with Crippen LogP contribution in [0.2, 0.25) is 0 Å². The van der Waals surface area contributed by atoms with Gasteiger partial charge in [-0.2, -0.15) is 9.40 Å². The fraction of sp³-hybridized carbons (Fsp3) is 0.351. The zero-order chi connectivity index (χ0) is 37.4. The van der Waals surface area contributed by atoms with Crippen LogP contribution in [-0.2, 0) is 39.1 Å². The molecular formula is C37H45N7O6S2. The number of rotatable bonds is 12. The summed E-state index contributed by atoms with van der Waals surface area (Å²) in [6.07, 6.45) is 1.54. The van der Waals surface area contributed by atoms with Crippen LogP contribution in [0.5, 0.6) is 5.75 Å². The van der Waals surface area contributed by atoms with Gasteiger partial charge in [0.1, 0.15) is 22.8 Å². The first-order chi connectivity index (χ1) is 24.9. The topological polar surface area (TPSA) is 174 Å². The van der Waals surface area contributed by atoms with Crippen molar-refractivity contribution in [2.45, 2.75) is 36.8 Å². The number of aromatic nitrogens is 4. The van der Waals surface area contributed by atoms with Crippen molar-refractivity contribution in [1.29, 1.82) is 0 Å². The molecule has 13 nitrogen and oxygen atoms in total. The van der Waals surface area contributed by atoms with Crippen LogP contribution in [0.25, 0.3) is 22.4 Å². The van der Waals surface area contributed by atoms with E-state index in [1.807, 2.05) is 81.6 Å². The van der Waals surface area contributed by atoms with Crippen LogP contribution < -0.4 is 16.0 Å². The quantitative estimate of drug-likeness (QED) is 0.193. The van der Waals surface area contributed by atoms with Crippen molar-refractivity contribution < 1.29 is 22.2 Å². The minimum absolute atomic E-state index is 0.131. The summed E-state index contributed by atoms with van der Waals surface area (Å²) in [7, 11) is -1.37. The standard InChI is InChI=1S/C22H30N6O4S.C15H15NO2S/c1-5-7-17-19-20(27(4)25-17)22(29)24-21(23-19)16-14-15(8-9-18(16)32-6-2)33(30,31)28-12-10-26(3)11-13-28;16-14(17)11-19(18)15(12-7-3-1-4-8-12)13-9-5-2-6-10-13/h8-9,14H,5-7,10-13H2,1-4H3,(H,23,24,29);1-10,15H,11H2,(H2,16,17). The molecule has 6 rings (SSSR count). The summed E-state index contributed by atoms with van der Waals surface area (Å²) in [5.74, 6) is 0.0410. The van der Waals surface area contributed by atoms with E-state index >= 15 is 0 Å². The molecule has 0 aliphatic carbocycles. The van der Waals surface area contributed by atoms with E-state index in [0.717, 1.165) is 23.2 Å². The minimum atomic E-state index is -3.70. The normalized spacial score (nSPS) is 14.6. The molecule has 1 aliphatic rings. The summed E-state index contributed by atoms with van der Waals surface area (Å²) < 4.78 is 47.8. The van der Waals surface area contributed by atoms with E-state index in [1.54, 1.807) is 25.2 Å². The van der Waals surface area contributed by atoms with Crippen molar-refractivity contribution in [2.24, 2.45) is 12.8 Å². The monoisotopic (exact) mass is 747 g/mol. The number of nitrogens with two attached hydrogens (primary N) is 1. The van der Waals surface area contributed by atoms with Gasteiger partial charge in [0.05, 0.1) is 28.0 Å². The minimum Gasteiger partial charge on any atom is -0.493 e. The van der Waals surface area contributed by atoms with Gasteiger partial charge in [0.15, 0.2) is 5.52 Å². The van der Waals surface area contributed by atoms with Gasteiger partial charge in [0, 0.05) is 44.0 Å². The average molecular weight is 748 g/mol. The Morgan fingerprint density at radius 1 is 0.962 bits per heavy atom. The Kier molecular flexibility index (Phi) is 12.8. The number of nitrogens with one attached hydrogen (secondary N) is 1. The number of nitrogens with zero attached hydrogens (tertiary/aromatic N) is 5. The molecule has 3 aromatic carbocycles. The number of primary amides is 1. The summed E-state index contributed by atoms with van der Waals surface area (Å²) in [6, 6.07) is 23.8. The molecule has 2 aromatic heterocycles. The number of carbonyl (C=O) groups excluding carboxylic acids is 1. The molecule has 0 bridgehead atoms. The zero-order valence-electron chi connectivity index (χ0n) is 29.8. The Morgan fingerprint density at radius 3 is 2.13 bits per heavy atom. The van der Waals surface area contributed by atoms with Crippen LogP contribution in [0.3, 0.4) is 0 Å². The number of aryl methyl sites for hydroxylation is 2. The number of carbonyl (C=O) groups is 1. The molecule has 1 fully saturated rings. The number of hydrogen-bond acceptors (Lipinski definition) is 9. The van der Waals surface area contributed by atoms with Crippen LogP contribution in [-0.4, -0.2) is 93.1 Å². The third kappa shape index (κ3) is 8.84. The predicted molar refractivity (Wildman–Crippen MR) is 203 cm³/mol. The van der Waals surface area contributed by atoms with Crippen molar-refractivity contribution in [3.8, 4) is 17.1 Å². The Balaban J connectivity index is 0.000000233. The fourth-order valence-corrected chi connectivity index (χ4v) is 8.89. The first-order valence-corrected chi connectivity index (χ1v) is 19.9. The van der Waals surface area contributed by atoms with E-state index in [-0.39, 0.29) is 27.3 Å². The molecule has 5 aromatic rings. The van der Waals surface area contributed by atoms with Crippen molar-refractivity contribution in [3.63, 3.8) is 0 Å². The molecule has 0 spiro atoms. The Labute approximate surface area is 306 Å². The molecule has 1 aliphatic heterocycles. The highest BCUT2D eigenvalue weighted by Crippen LogP contribution is 2.32. The summed E-state index contributed by atoms with van der Waals surface area (Å²) in [5, 5.41) is 4.13. The van der Waals surface area contributed by atoms with Crippen LogP contribution >= 0.6 is 0 Å². The summed E-state index contributed by atoms with van der Waals surface area (Å²) in [6.45, 7) is 6.48. The van der Waals surface area contributed by atoms with Gasteiger partial charge in [-0.25, -0.2) is 13.4 Å². The van der Waals surface area contributed by atoms with E-state index in [4.69, 9.17) is 15.5 Å². The third-order valence-corrected chi connectivity index (χ3v) is 12.1.